The van der Waals surface area contributed by atoms with Gasteiger partial charge in [0.25, 0.3) is 8.32 Å². The van der Waals surface area contributed by atoms with Crippen LogP contribution in [0.5, 0.6) is 0 Å². The van der Waals surface area contributed by atoms with E-state index >= 15 is 0 Å². The second-order valence-corrected chi connectivity index (χ2v) is 17.0. The van der Waals surface area contributed by atoms with Crippen molar-refractivity contribution in [1.29, 1.82) is 0 Å². The van der Waals surface area contributed by atoms with E-state index in [0.717, 1.165) is 0 Å². The molecule has 0 spiro atoms. The van der Waals surface area contributed by atoms with Crippen molar-refractivity contribution >= 4 is 29.7 Å². The van der Waals surface area contributed by atoms with Gasteiger partial charge >= 0.3 is 0 Å². The van der Waals surface area contributed by atoms with E-state index in [-0.39, 0.29) is 16.8 Å². The van der Waals surface area contributed by atoms with Crippen LogP contribution in [0.2, 0.25) is 5.04 Å². The minimum Gasteiger partial charge on any atom is -0.407 e. The second-order valence-electron chi connectivity index (χ2n) is 10.7. The van der Waals surface area contributed by atoms with Crippen LogP contribution in [-0.4, -0.2) is 29.9 Å². The molecule has 0 aliphatic carbocycles. The summed E-state index contributed by atoms with van der Waals surface area (Å²) in [4.78, 5) is 0. The molecule has 1 N–H and O–H groups in total. The Morgan fingerprint density at radius 3 is 1.82 bits per heavy atom. The first kappa shape index (κ1) is 27.6. The number of halogens is 1. The largest absolute Gasteiger partial charge is 0.407 e. The molecule has 0 aliphatic heterocycles. The fraction of sp³-hybridized carbons (Fsp3) is 0.481. The fourth-order valence-electron chi connectivity index (χ4n) is 3.88. The van der Waals surface area contributed by atoms with Crippen molar-refractivity contribution in [2.75, 3.05) is 6.61 Å². The van der Waals surface area contributed by atoms with Gasteiger partial charge in [-0.05, 0) is 55.1 Å². The van der Waals surface area contributed by atoms with Crippen molar-refractivity contribution in [3.63, 3.8) is 0 Å². The van der Waals surface area contributed by atoms with E-state index in [4.69, 9.17) is 4.43 Å². The van der Waals surface area contributed by atoms with Crippen molar-refractivity contribution in [3.8, 4) is 0 Å². The van der Waals surface area contributed by atoms with Gasteiger partial charge in [-0.15, -0.1) is 0 Å². The lowest BCUT2D eigenvalue weighted by Crippen LogP contribution is -2.66. The van der Waals surface area contributed by atoms with Crippen molar-refractivity contribution in [1.82, 2.24) is 4.72 Å². The van der Waals surface area contributed by atoms with E-state index in [2.05, 4.69) is 74.0 Å². The van der Waals surface area contributed by atoms with Gasteiger partial charge in [0.05, 0.1) is 21.8 Å². The van der Waals surface area contributed by atoms with Crippen LogP contribution in [-0.2, 0) is 15.4 Å². The molecule has 2 aromatic carbocycles. The van der Waals surface area contributed by atoms with Gasteiger partial charge in [-0.25, -0.2) is 13.3 Å². The first-order chi connectivity index (χ1) is 15.3. The smallest absolute Gasteiger partial charge is 0.261 e. The highest BCUT2D eigenvalue weighted by atomic mass is 32.2. The van der Waals surface area contributed by atoms with E-state index in [0.29, 0.717) is 6.61 Å². The molecule has 1 unspecified atom stereocenters. The third-order valence-electron chi connectivity index (χ3n) is 5.68. The highest BCUT2D eigenvalue weighted by Gasteiger charge is 2.50. The molecule has 0 bridgehead atoms. The summed E-state index contributed by atoms with van der Waals surface area (Å²) in [6.07, 6.45) is 1.59. The Labute approximate surface area is 203 Å². The molecule has 0 saturated carbocycles. The zero-order chi connectivity index (χ0) is 24.9. The molecule has 0 aromatic heterocycles. The Balaban J connectivity index is 2.31. The Bertz CT molecular complexity index is 897. The molecule has 6 heteroatoms. The van der Waals surface area contributed by atoms with E-state index in [1.165, 1.54) is 10.4 Å². The quantitative estimate of drug-likeness (QED) is 0.473. The summed E-state index contributed by atoms with van der Waals surface area (Å²) in [6, 6.07) is 20.3. The summed E-state index contributed by atoms with van der Waals surface area (Å²) in [7, 11) is -3.99. The molecule has 0 aliphatic rings. The van der Waals surface area contributed by atoms with Crippen LogP contribution in [0.3, 0.4) is 0 Å². The Hall–Kier alpha value is -1.60. The first-order valence-electron chi connectivity index (χ1n) is 11.6. The van der Waals surface area contributed by atoms with E-state index in [1.807, 2.05) is 39.8 Å². The van der Waals surface area contributed by atoms with Crippen LogP contribution < -0.4 is 15.1 Å². The molecule has 0 heterocycles. The van der Waals surface area contributed by atoms with Crippen molar-refractivity contribution in [2.24, 2.45) is 5.92 Å². The molecule has 0 radical (unpaired) electrons. The minimum atomic E-state index is -2.66. The van der Waals surface area contributed by atoms with Gasteiger partial charge in [0.1, 0.15) is 5.83 Å². The number of hydrogen-bond acceptors (Lipinski definition) is 2. The summed E-state index contributed by atoms with van der Waals surface area (Å²) >= 11 is 0. The number of hydrogen-bond donors (Lipinski definition) is 1. The zero-order valence-corrected chi connectivity index (χ0v) is 23.1. The summed E-state index contributed by atoms with van der Waals surface area (Å²) in [5, 5.41) is 2.28. The van der Waals surface area contributed by atoms with Gasteiger partial charge in [-0.1, -0.05) is 88.4 Å². The third-order valence-corrected chi connectivity index (χ3v) is 12.4. The number of benzene rings is 2. The van der Waals surface area contributed by atoms with Crippen molar-refractivity contribution in [3.05, 3.63) is 72.6 Å². The first-order valence-corrected chi connectivity index (χ1v) is 14.6. The molecule has 0 fully saturated rings. The summed E-state index contributed by atoms with van der Waals surface area (Å²) in [5.41, 5.74) is 0. The Morgan fingerprint density at radius 1 is 0.970 bits per heavy atom. The highest BCUT2D eigenvalue weighted by molar-refractivity contribution is 7.84. The molecule has 3 atom stereocenters. The van der Waals surface area contributed by atoms with E-state index < -0.39 is 30.1 Å². The highest BCUT2D eigenvalue weighted by Crippen LogP contribution is 2.37. The van der Waals surface area contributed by atoms with Gasteiger partial charge in [0.2, 0.25) is 0 Å². The molecule has 3 nitrogen and oxygen atoms in total. The van der Waals surface area contributed by atoms with Crippen LogP contribution in [0.15, 0.2) is 72.6 Å². The van der Waals surface area contributed by atoms with Gasteiger partial charge in [0, 0.05) is 6.61 Å². The normalized spacial score (nSPS) is 16.3. The molecular weight excluding hydrogens is 449 g/mol. The SMILES string of the molecule is C[C@H](/C=C(\F)[C@@H](C)NS(=O)C(C)(C)C)CO[Si](c1ccccc1)(c1ccccc1)C(C)(C)C. The molecule has 0 saturated heterocycles. The van der Waals surface area contributed by atoms with Gasteiger partial charge < -0.3 is 4.43 Å². The Morgan fingerprint density at radius 2 is 1.42 bits per heavy atom. The van der Waals surface area contributed by atoms with Gasteiger partial charge in [-0.2, -0.15) is 0 Å². The standard InChI is InChI=1S/C27H40FNO2SSi/c1-21(19-25(28)22(2)29-32(30)26(3,4)5)20-31-33(27(6,7)8,23-15-11-9-12-16-23)24-17-13-10-14-18-24/h9-19,21-22,29H,20H2,1-8H3/b25-19-/t21-,22-,32?/m1/s1. The predicted molar refractivity (Wildman–Crippen MR) is 142 cm³/mol. The maximum atomic E-state index is 14.9. The maximum Gasteiger partial charge on any atom is 0.261 e. The summed E-state index contributed by atoms with van der Waals surface area (Å²) in [6.45, 7) is 16.3. The average molecular weight is 490 g/mol. The maximum absolute atomic E-state index is 14.9. The second kappa shape index (κ2) is 11.2. The van der Waals surface area contributed by atoms with Crippen molar-refractivity contribution in [2.45, 2.75) is 71.2 Å². The van der Waals surface area contributed by atoms with Crippen LogP contribution in [0, 0.1) is 5.92 Å². The molecule has 2 rings (SSSR count). The lowest BCUT2D eigenvalue weighted by atomic mass is 10.1. The number of rotatable bonds is 9. The predicted octanol–water partition coefficient (Wildman–Crippen LogP) is 5.49. The van der Waals surface area contributed by atoms with Gasteiger partial charge in [0.15, 0.2) is 0 Å². The van der Waals surface area contributed by atoms with Crippen molar-refractivity contribution < 1.29 is 13.0 Å². The van der Waals surface area contributed by atoms with Gasteiger partial charge in [-0.3, -0.25) is 0 Å². The number of nitrogens with one attached hydrogen (secondary N) is 1. The lowest BCUT2D eigenvalue weighted by Gasteiger charge is -2.43. The average Bonchev–Trinajstić information content (AvgIpc) is 2.74. The molecule has 0 amide bonds. The Kier molecular flexibility index (Phi) is 9.39. The third kappa shape index (κ3) is 6.95. The summed E-state index contributed by atoms with van der Waals surface area (Å²) < 4.78 is 36.6. The van der Waals surface area contributed by atoms with Crippen LogP contribution in [0.1, 0.15) is 55.4 Å². The monoisotopic (exact) mass is 489 g/mol. The topological polar surface area (TPSA) is 38.3 Å². The van der Waals surface area contributed by atoms with E-state index in [9.17, 15) is 8.60 Å². The molecule has 2 aromatic rings. The van der Waals surface area contributed by atoms with E-state index in [1.54, 1.807) is 13.0 Å². The minimum absolute atomic E-state index is 0.129. The molecule has 182 valence electrons. The summed E-state index contributed by atoms with van der Waals surface area (Å²) in [5.74, 6) is -0.454. The molecular formula is C27H40FNO2SSi. The van der Waals surface area contributed by atoms with Crippen LogP contribution >= 0.6 is 0 Å². The van der Waals surface area contributed by atoms with Crippen LogP contribution in [0.4, 0.5) is 4.39 Å². The zero-order valence-electron chi connectivity index (χ0n) is 21.3. The fourth-order valence-corrected chi connectivity index (χ4v) is 9.33. The molecule has 33 heavy (non-hydrogen) atoms. The lowest BCUT2D eigenvalue weighted by molar-refractivity contribution is 0.265. The van der Waals surface area contributed by atoms with Crippen LogP contribution in [0.25, 0.3) is 0 Å².